The summed E-state index contributed by atoms with van der Waals surface area (Å²) >= 11 is 0. The van der Waals surface area contributed by atoms with Crippen molar-refractivity contribution in [3.05, 3.63) is 66.2 Å². The quantitative estimate of drug-likeness (QED) is 0.486. The molecule has 9 heteroatoms. The summed E-state index contributed by atoms with van der Waals surface area (Å²) in [5.74, 6) is -0.0630. The number of aromatic nitrogens is 2. The van der Waals surface area contributed by atoms with Crippen LogP contribution in [0.15, 0.2) is 70.0 Å². The first-order valence-corrected chi connectivity index (χ1v) is 11.4. The average molecular weight is 437 g/mol. The van der Waals surface area contributed by atoms with Gasteiger partial charge in [0.05, 0.1) is 22.6 Å². The number of amides is 1. The first kappa shape index (κ1) is 20.5. The molecule has 1 heterocycles. The predicted molar refractivity (Wildman–Crippen MR) is 116 cm³/mol. The molecule has 1 aromatic heterocycles. The minimum atomic E-state index is -3.51. The third-order valence-corrected chi connectivity index (χ3v) is 5.74. The van der Waals surface area contributed by atoms with E-state index in [9.17, 15) is 13.2 Å². The minimum Gasteiger partial charge on any atom is -0.493 e. The molecule has 0 unspecified atom stereocenters. The Balaban J connectivity index is 1.70. The fraction of sp³-hybridized carbons (Fsp3) is 0.136. The van der Waals surface area contributed by atoms with Gasteiger partial charge in [0.2, 0.25) is 0 Å². The maximum Gasteiger partial charge on any atom is 0.322 e. The molecule has 0 aliphatic carbocycles. The average Bonchev–Trinajstić information content (AvgIpc) is 3.21. The highest BCUT2D eigenvalue weighted by molar-refractivity contribution is 7.90. The summed E-state index contributed by atoms with van der Waals surface area (Å²) in [4.78, 5) is 13.1. The van der Waals surface area contributed by atoms with E-state index < -0.39 is 15.7 Å². The lowest BCUT2D eigenvalue weighted by Crippen LogP contribution is -2.14. The second-order valence-corrected chi connectivity index (χ2v) is 8.71. The monoisotopic (exact) mass is 437 g/mol. The Morgan fingerprint density at radius 2 is 1.77 bits per heavy atom. The molecule has 4 aromatic rings. The molecule has 1 amide bonds. The lowest BCUT2D eigenvalue weighted by atomic mass is 10.0. The first-order chi connectivity index (χ1) is 14.9. The van der Waals surface area contributed by atoms with Gasteiger partial charge >= 0.3 is 6.01 Å². The Hall–Kier alpha value is -3.72. The van der Waals surface area contributed by atoms with E-state index in [0.717, 1.165) is 11.6 Å². The highest BCUT2D eigenvalue weighted by Crippen LogP contribution is 2.30. The third kappa shape index (κ3) is 4.13. The molecule has 0 radical (unpaired) electrons. The summed E-state index contributed by atoms with van der Waals surface area (Å²) in [5, 5.41) is 11.9. The van der Waals surface area contributed by atoms with E-state index >= 15 is 0 Å². The molecule has 0 aliphatic rings. The molecular weight excluding hydrogens is 418 g/mol. The van der Waals surface area contributed by atoms with Gasteiger partial charge in [0.15, 0.2) is 9.84 Å². The Morgan fingerprint density at radius 1 is 1.03 bits per heavy atom. The molecule has 1 N–H and O–H groups in total. The molecule has 4 rings (SSSR count). The minimum absolute atomic E-state index is 0.0146. The summed E-state index contributed by atoms with van der Waals surface area (Å²) in [5.41, 5.74) is 0.606. The number of ether oxygens (including phenoxy) is 1. The zero-order valence-corrected chi connectivity index (χ0v) is 17.6. The molecule has 31 heavy (non-hydrogen) atoms. The van der Waals surface area contributed by atoms with Gasteiger partial charge < -0.3 is 9.15 Å². The molecule has 0 saturated carbocycles. The zero-order chi connectivity index (χ0) is 22.0. The Morgan fingerprint density at radius 3 is 2.55 bits per heavy atom. The topological polar surface area (TPSA) is 111 Å². The number of benzene rings is 3. The van der Waals surface area contributed by atoms with E-state index in [-0.39, 0.29) is 22.4 Å². The number of carbonyl (C=O) groups is 1. The van der Waals surface area contributed by atoms with Gasteiger partial charge in [0.1, 0.15) is 5.75 Å². The van der Waals surface area contributed by atoms with Crippen LogP contribution in [0.5, 0.6) is 5.75 Å². The maximum atomic E-state index is 13.1. The summed E-state index contributed by atoms with van der Waals surface area (Å²) < 4.78 is 35.3. The number of fused-ring (bicyclic) bond motifs is 1. The molecule has 0 saturated heterocycles. The standard InChI is InChI=1S/C22H19N3O5S/c1-3-29-17-13-12-14-8-4-5-9-15(14)19(17)20(26)23-22-25-24-21(30-22)16-10-6-7-11-18(16)31(2,27)28/h4-13H,3H2,1-2H3,(H,23,25,26). The number of rotatable bonds is 6. The van der Waals surface area contributed by atoms with Crippen molar-refractivity contribution < 1.29 is 22.4 Å². The fourth-order valence-corrected chi connectivity index (χ4v) is 4.15. The van der Waals surface area contributed by atoms with Gasteiger partial charge in [-0.2, -0.15) is 0 Å². The zero-order valence-electron chi connectivity index (χ0n) is 16.8. The van der Waals surface area contributed by atoms with Crippen molar-refractivity contribution in [2.75, 3.05) is 18.2 Å². The van der Waals surface area contributed by atoms with Crippen LogP contribution in [0.4, 0.5) is 6.01 Å². The number of nitrogens with zero attached hydrogens (tertiary/aromatic N) is 2. The predicted octanol–water partition coefficient (Wildman–Crippen LogP) is 3.94. The van der Waals surface area contributed by atoms with Crippen LogP contribution in [-0.2, 0) is 9.84 Å². The van der Waals surface area contributed by atoms with Crippen LogP contribution in [0.3, 0.4) is 0 Å². The van der Waals surface area contributed by atoms with E-state index in [1.165, 1.54) is 6.07 Å². The lowest BCUT2D eigenvalue weighted by Gasteiger charge is -2.12. The summed E-state index contributed by atoms with van der Waals surface area (Å²) in [6.07, 6.45) is 1.10. The normalized spacial score (nSPS) is 11.4. The maximum absolute atomic E-state index is 13.1. The van der Waals surface area contributed by atoms with Crippen molar-refractivity contribution in [2.45, 2.75) is 11.8 Å². The number of sulfone groups is 1. The Kier molecular flexibility index (Phi) is 5.43. The lowest BCUT2D eigenvalue weighted by molar-refractivity contribution is 0.102. The van der Waals surface area contributed by atoms with Crippen LogP contribution in [0.1, 0.15) is 17.3 Å². The number of anilines is 1. The highest BCUT2D eigenvalue weighted by Gasteiger charge is 2.22. The van der Waals surface area contributed by atoms with Crippen molar-refractivity contribution in [1.82, 2.24) is 10.2 Å². The molecule has 158 valence electrons. The van der Waals surface area contributed by atoms with E-state index in [0.29, 0.717) is 23.3 Å². The Bertz CT molecular complexity index is 1380. The molecule has 0 atom stereocenters. The van der Waals surface area contributed by atoms with Crippen LogP contribution in [0.2, 0.25) is 0 Å². The number of carbonyl (C=O) groups excluding carboxylic acids is 1. The second-order valence-electron chi connectivity index (χ2n) is 6.73. The van der Waals surface area contributed by atoms with Crippen molar-refractivity contribution in [1.29, 1.82) is 0 Å². The fourth-order valence-electron chi connectivity index (χ4n) is 3.27. The van der Waals surface area contributed by atoms with E-state index in [2.05, 4.69) is 15.5 Å². The molecular formula is C22H19N3O5S. The van der Waals surface area contributed by atoms with E-state index in [4.69, 9.17) is 9.15 Å². The first-order valence-electron chi connectivity index (χ1n) is 9.47. The van der Waals surface area contributed by atoms with Crippen molar-refractivity contribution >= 4 is 32.5 Å². The van der Waals surface area contributed by atoms with Gasteiger partial charge in [-0.05, 0) is 35.9 Å². The van der Waals surface area contributed by atoms with E-state index in [1.54, 1.807) is 24.3 Å². The number of hydrogen-bond donors (Lipinski definition) is 1. The van der Waals surface area contributed by atoms with Gasteiger partial charge in [-0.25, -0.2) is 8.42 Å². The van der Waals surface area contributed by atoms with Crippen LogP contribution in [-0.4, -0.2) is 37.4 Å². The molecule has 0 aliphatic heterocycles. The number of nitrogens with one attached hydrogen (secondary N) is 1. The van der Waals surface area contributed by atoms with Crippen LogP contribution >= 0.6 is 0 Å². The summed E-state index contributed by atoms with van der Waals surface area (Å²) in [6.45, 7) is 2.23. The Labute approximate surface area is 178 Å². The van der Waals surface area contributed by atoms with Crippen LogP contribution in [0.25, 0.3) is 22.2 Å². The molecule has 0 bridgehead atoms. The van der Waals surface area contributed by atoms with Gasteiger partial charge in [0, 0.05) is 6.26 Å². The SMILES string of the molecule is CCOc1ccc2ccccc2c1C(=O)Nc1nnc(-c2ccccc2S(C)(=O)=O)o1. The van der Waals surface area contributed by atoms with Crippen molar-refractivity contribution in [3.8, 4) is 17.2 Å². The van der Waals surface area contributed by atoms with E-state index in [1.807, 2.05) is 37.3 Å². The van der Waals surface area contributed by atoms with Crippen LogP contribution in [0, 0.1) is 0 Å². The molecule has 3 aromatic carbocycles. The third-order valence-electron chi connectivity index (χ3n) is 4.58. The summed E-state index contributed by atoms with van der Waals surface area (Å²) in [7, 11) is -3.51. The van der Waals surface area contributed by atoms with Crippen molar-refractivity contribution in [3.63, 3.8) is 0 Å². The smallest absolute Gasteiger partial charge is 0.322 e. The molecule has 0 fully saturated rings. The highest BCUT2D eigenvalue weighted by atomic mass is 32.2. The molecule has 8 nitrogen and oxygen atoms in total. The summed E-state index contributed by atoms with van der Waals surface area (Å²) in [6, 6.07) is 17.2. The van der Waals surface area contributed by atoms with Gasteiger partial charge in [-0.15, -0.1) is 5.10 Å². The largest absolute Gasteiger partial charge is 0.493 e. The second kappa shape index (κ2) is 8.19. The van der Waals surface area contributed by atoms with Gasteiger partial charge in [0.25, 0.3) is 11.8 Å². The van der Waals surface area contributed by atoms with Gasteiger partial charge in [-0.3, -0.25) is 10.1 Å². The van der Waals surface area contributed by atoms with Gasteiger partial charge in [-0.1, -0.05) is 47.6 Å². The molecule has 0 spiro atoms. The van der Waals surface area contributed by atoms with Crippen LogP contribution < -0.4 is 10.1 Å². The number of hydrogen-bond acceptors (Lipinski definition) is 7. The van der Waals surface area contributed by atoms with Crippen molar-refractivity contribution in [2.24, 2.45) is 0 Å².